The average Bonchev–Trinajstić information content (AvgIpc) is 3.37. The van der Waals surface area contributed by atoms with Crippen molar-refractivity contribution in [2.45, 2.75) is 58.7 Å². The number of alkyl carbamates (subject to hydrolysis) is 1. The summed E-state index contributed by atoms with van der Waals surface area (Å²) in [5.41, 5.74) is 0.0147. The van der Waals surface area contributed by atoms with Gasteiger partial charge in [0.2, 0.25) is 0 Å². The Balaban J connectivity index is 2.14. The van der Waals surface area contributed by atoms with Crippen LogP contribution in [0.2, 0.25) is 0 Å². The molecule has 0 saturated carbocycles. The van der Waals surface area contributed by atoms with Crippen molar-refractivity contribution in [2.75, 3.05) is 13.2 Å². The molecule has 2 aromatic rings. The average molecular weight is 626 g/mol. The lowest BCUT2D eigenvalue weighted by Crippen LogP contribution is -2.46. The van der Waals surface area contributed by atoms with Gasteiger partial charge in [0.15, 0.2) is 10.8 Å². The van der Waals surface area contributed by atoms with E-state index in [1.807, 2.05) is 0 Å². The van der Waals surface area contributed by atoms with Gasteiger partial charge >= 0.3 is 18.0 Å². The molecule has 0 radical (unpaired) electrons. The van der Waals surface area contributed by atoms with E-state index in [1.165, 1.54) is 29.5 Å². The summed E-state index contributed by atoms with van der Waals surface area (Å²) in [5.74, 6) is -1.56. The van der Waals surface area contributed by atoms with Crippen LogP contribution >= 0.6 is 27.3 Å². The van der Waals surface area contributed by atoms with Crippen molar-refractivity contribution >= 4 is 51.1 Å². The molecule has 39 heavy (non-hydrogen) atoms. The molecule has 2 heterocycles. The highest BCUT2D eigenvalue weighted by atomic mass is 79.9. The van der Waals surface area contributed by atoms with Gasteiger partial charge in [0, 0.05) is 28.2 Å². The number of amides is 1. The molecule has 2 N–H and O–H groups in total. The number of hydrogen-bond donors (Lipinski definition) is 2. The van der Waals surface area contributed by atoms with Crippen LogP contribution in [0, 0.1) is 5.82 Å². The maximum atomic E-state index is 13.9. The quantitative estimate of drug-likeness (QED) is 0.301. The second-order valence-electron chi connectivity index (χ2n) is 9.28. The van der Waals surface area contributed by atoms with Crippen molar-refractivity contribution in [3.05, 3.63) is 61.9 Å². The fourth-order valence-electron chi connectivity index (χ4n) is 3.69. The van der Waals surface area contributed by atoms with E-state index in [4.69, 9.17) is 19.2 Å². The van der Waals surface area contributed by atoms with Gasteiger partial charge in [0.1, 0.15) is 23.5 Å². The number of esters is 2. The highest BCUT2D eigenvalue weighted by Crippen LogP contribution is 2.37. The van der Waals surface area contributed by atoms with Crippen molar-refractivity contribution in [1.82, 2.24) is 15.6 Å². The number of aromatic nitrogens is 1. The fourth-order valence-corrected chi connectivity index (χ4v) is 4.85. The van der Waals surface area contributed by atoms with Crippen LogP contribution in [-0.4, -0.2) is 53.7 Å². The Labute approximate surface area is 238 Å². The number of hydrogen-bond acceptors (Lipinski definition) is 10. The predicted octanol–water partition coefficient (Wildman–Crippen LogP) is 4.80. The Hall–Kier alpha value is -3.32. The minimum atomic E-state index is -1.22. The molecule has 3 rings (SSSR count). The summed E-state index contributed by atoms with van der Waals surface area (Å²) < 4.78 is 30.2. The lowest BCUT2D eigenvalue weighted by molar-refractivity contribution is -0.145. The van der Waals surface area contributed by atoms with Gasteiger partial charge in [-0.15, -0.1) is 11.3 Å². The van der Waals surface area contributed by atoms with Crippen molar-refractivity contribution in [2.24, 2.45) is 4.99 Å². The zero-order valence-electron chi connectivity index (χ0n) is 22.2. The van der Waals surface area contributed by atoms with E-state index >= 15 is 0 Å². The number of rotatable bonds is 9. The first-order valence-electron chi connectivity index (χ1n) is 12.2. The molecule has 1 aromatic heterocycles. The van der Waals surface area contributed by atoms with Crippen LogP contribution in [0.25, 0.3) is 0 Å². The molecule has 0 fully saturated rings. The largest absolute Gasteiger partial charge is 0.464 e. The highest BCUT2D eigenvalue weighted by Gasteiger charge is 2.36. The summed E-state index contributed by atoms with van der Waals surface area (Å²) in [7, 11) is 0. The SMILES string of the molecule is CCOC(=O)C1=C(CC(NC(=O)OC(C)(C)C)C(=O)OCC)NC(c2nccs2)=N[C@H]1c1ccc(F)cc1Br. The topological polar surface area (TPSA) is 128 Å². The van der Waals surface area contributed by atoms with Crippen LogP contribution in [0.3, 0.4) is 0 Å². The standard InChI is InChI=1S/C26H30BrFN4O6S/c1-6-36-23(33)18(31-25(35)38-26(3,4)5)13-17-19(24(34)37-7-2)20(15-9-8-14(28)12-16(15)27)32-21(30-17)22-29-10-11-39-22/h8-12,18,20H,6-7,13H2,1-5H3,(H,30,32)(H,31,35)/t18?,20-/m0/s1. The van der Waals surface area contributed by atoms with E-state index in [-0.39, 0.29) is 30.9 Å². The van der Waals surface area contributed by atoms with E-state index < -0.39 is 41.5 Å². The first kappa shape index (κ1) is 30.2. The molecule has 1 aromatic carbocycles. The summed E-state index contributed by atoms with van der Waals surface area (Å²) in [6.07, 6.45) is 0.579. The van der Waals surface area contributed by atoms with Gasteiger partial charge in [-0.3, -0.25) is 4.99 Å². The molecule has 13 heteroatoms. The maximum Gasteiger partial charge on any atom is 0.408 e. The van der Waals surface area contributed by atoms with Crippen LogP contribution < -0.4 is 10.6 Å². The number of halogens is 2. The van der Waals surface area contributed by atoms with Crippen LogP contribution in [0.1, 0.15) is 57.7 Å². The van der Waals surface area contributed by atoms with Gasteiger partial charge in [-0.2, -0.15) is 0 Å². The number of benzene rings is 1. The molecule has 2 atom stereocenters. The Morgan fingerprint density at radius 2 is 1.92 bits per heavy atom. The number of aliphatic imine (C=N–C) groups is 1. The molecule has 0 aliphatic carbocycles. The van der Waals surface area contributed by atoms with E-state index in [1.54, 1.807) is 46.2 Å². The minimum absolute atomic E-state index is 0.0690. The van der Waals surface area contributed by atoms with Gasteiger partial charge in [0.25, 0.3) is 0 Å². The number of thiazole rings is 1. The number of nitrogens with zero attached hydrogens (tertiary/aromatic N) is 2. The number of nitrogens with one attached hydrogen (secondary N) is 2. The van der Waals surface area contributed by atoms with Crippen LogP contribution in [0.4, 0.5) is 9.18 Å². The predicted molar refractivity (Wildman–Crippen MR) is 147 cm³/mol. The molecule has 1 amide bonds. The van der Waals surface area contributed by atoms with Crippen LogP contribution in [0.5, 0.6) is 0 Å². The van der Waals surface area contributed by atoms with Gasteiger partial charge < -0.3 is 24.8 Å². The molecule has 10 nitrogen and oxygen atoms in total. The molecular weight excluding hydrogens is 595 g/mol. The molecule has 0 spiro atoms. The summed E-state index contributed by atoms with van der Waals surface area (Å²) in [5, 5.41) is 7.94. The number of carbonyl (C=O) groups is 3. The Kier molecular flexibility index (Phi) is 10.2. The van der Waals surface area contributed by atoms with Gasteiger partial charge in [-0.05, 0) is 52.3 Å². The molecule has 1 aliphatic heterocycles. The van der Waals surface area contributed by atoms with E-state index in [9.17, 15) is 18.8 Å². The number of carbonyl (C=O) groups excluding carboxylic acids is 3. The van der Waals surface area contributed by atoms with Crippen molar-refractivity contribution in [1.29, 1.82) is 0 Å². The van der Waals surface area contributed by atoms with Crippen LogP contribution in [0.15, 0.2) is 50.5 Å². The third-order valence-electron chi connectivity index (χ3n) is 5.18. The second-order valence-corrected chi connectivity index (χ2v) is 11.0. The summed E-state index contributed by atoms with van der Waals surface area (Å²) in [6, 6.07) is 1.87. The zero-order valence-corrected chi connectivity index (χ0v) is 24.6. The monoisotopic (exact) mass is 624 g/mol. The zero-order chi connectivity index (χ0) is 28.7. The Morgan fingerprint density at radius 1 is 1.21 bits per heavy atom. The molecular formula is C26H30BrFN4O6S. The van der Waals surface area contributed by atoms with E-state index in [2.05, 4.69) is 31.5 Å². The third-order valence-corrected chi connectivity index (χ3v) is 6.65. The molecule has 210 valence electrons. The Bertz CT molecular complexity index is 1280. The summed E-state index contributed by atoms with van der Waals surface area (Å²) >= 11 is 4.69. The Morgan fingerprint density at radius 3 is 2.51 bits per heavy atom. The summed E-state index contributed by atoms with van der Waals surface area (Å²) in [4.78, 5) is 47.9. The number of ether oxygens (including phenoxy) is 3. The van der Waals surface area contributed by atoms with Gasteiger partial charge in [-0.1, -0.05) is 22.0 Å². The maximum absolute atomic E-state index is 13.9. The smallest absolute Gasteiger partial charge is 0.408 e. The van der Waals surface area contributed by atoms with E-state index in [0.717, 1.165) is 0 Å². The van der Waals surface area contributed by atoms with Gasteiger partial charge in [0.05, 0.1) is 18.8 Å². The first-order valence-corrected chi connectivity index (χ1v) is 13.9. The van der Waals surface area contributed by atoms with E-state index in [0.29, 0.717) is 20.9 Å². The normalized spacial score (nSPS) is 16.1. The number of amidine groups is 1. The molecule has 0 bridgehead atoms. The second kappa shape index (κ2) is 13.2. The lowest BCUT2D eigenvalue weighted by Gasteiger charge is -2.29. The van der Waals surface area contributed by atoms with Crippen molar-refractivity contribution in [3.63, 3.8) is 0 Å². The van der Waals surface area contributed by atoms with Crippen molar-refractivity contribution in [3.8, 4) is 0 Å². The van der Waals surface area contributed by atoms with Crippen molar-refractivity contribution < 1.29 is 33.0 Å². The summed E-state index contributed by atoms with van der Waals surface area (Å²) in [6.45, 7) is 8.52. The fraction of sp³-hybridized carbons (Fsp3) is 0.423. The lowest BCUT2D eigenvalue weighted by atomic mass is 9.93. The molecule has 0 saturated heterocycles. The molecule has 1 aliphatic rings. The van der Waals surface area contributed by atoms with Gasteiger partial charge in [-0.25, -0.2) is 23.8 Å². The van der Waals surface area contributed by atoms with Crippen LogP contribution in [-0.2, 0) is 23.8 Å². The minimum Gasteiger partial charge on any atom is -0.464 e. The molecule has 1 unspecified atom stereocenters. The third kappa shape index (κ3) is 8.09. The first-order chi connectivity index (χ1) is 18.4. The highest BCUT2D eigenvalue weighted by molar-refractivity contribution is 9.10.